The van der Waals surface area contributed by atoms with Crippen LogP contribution in [0.1, 0.15) is 59.3 Å². The minimum atomic E-state index is -0.379. The lowest BCUT2D eigenvalue weighted by Gasteiger charge is -2.34. The summed E-state index contributed by atoms with van der Waals surface area (Å²) in [7, 11) is 0. The minimum Gasteiger partial charge on any atom is -0.393 e. The van der Waals surface area contributed by atoms with E-state index in [4.69, 9.17) is 5.11 Å². The Morgan fingerprint density at radius 3 is 2.50 bits per heavy atom. The first-order chi connectivity index (χ1) is 7.39. The highest BCUT2D eigenvalue weighted by Gasteiger charge is 2.27. The first-order valence-corrected chi connectivity index (χ1v) is 6.36. The third-order valence-electron chi connectivity index (χ3n) is 3.49. The van der Waals surface area contributed by atoms with Gasteiger partial charge in [-0.1, -0.05) is 13.8 Å². The van der Waals surface area contributed by atoms with E-state index in [2.05, 4.69) is 19.2 Å². The van der Waals surface area contributed by atoms with Crippen molar-refractivity contribution < 1.29 is 9.90 Å². The summed E-state index contributed by atoms with van der Waals surface area (Å²) in [5.41, 5.74) is 0.445. The first kappa shape index (κ1) is 13.5. The van der Waals surface area contributed by atoms with Crippen LogP contribution in [0.2, 0.25) is 0 Å². The fourth-order valence-electron chi connectivity index (χ4n) is 2.18. The Labute approximate surface area is 98.6 Å². The molecule has 0 bridgehead atoms. The molecule has 1 saturated carbocycles. The Balaban J connectivity index is 2.21. The molecule has 0 saturated heterocycles. The minimum absolute atomic E-state index is 0.0885. The van der Waals surface area contributed by atoms with Gasteiger partial charge in [0.05, 0.1) is 6.10 Å². The van der Waals surface area contributed by atoms with E-state index in [-0.39, 0.29) is 12.0 Å². The third kappa shape index (κ3) is 4.97. The van der Waals surface area contributed by atoms with Crippen LogP contribution in [0.25, 0.3) is 0 Å². The lowest BCUT2D eigenvalue weighted by atomic mass is 9.75. The molecule has 1 fully saturated rings. The molecular formula is C13H25NO2. The van der Waals surface area contributed by atoms with Crippen molar-refractivity contribution in [3.05, 3.63) is 0 Å². The van der Waals surface area contributed by atoms with Crippen LogP contribution in [-0.4, -0.2) is 23.2 Å². The number of hydrogen-bond acceptors (Lipinski definition) is 2. The standard InChI is InChI=1S/C13H25NO2/c1-10(15)4-5-12(16)14-11-6-8-13(2,3)9-7-11/h10-11,15H,4-9H2,1-3H3,(H,14,16). The Kier molecular flexibility index (Phi) is 4.78. The van der Waals surface area contributed by atoms with Crippen molar-refractivity contribution in [2.75, 3.05) is 0 Å². The maximum Gasteiger partial charge on any atom is 0.220 e. The predicted octanol–water partition coefficient (Wildman–Crippen LogP) is 2.23. The van der Waals surface area contributed by atoms with Gasteiger partial charge < -0.3 is 10.4 Å². The normalized spacial score (nSPS) is 22.8. The van der Waals surface area contributed by atoms with Crippen molar-refractivity contribution in [3.63, 3.8) is 0 Å². The summed E-state index contributed by atoms with van der Waals surface area (Å²) >= 11 is 0. The molecule has 0 heterocycles. The van der Waals surface area contributed by atoms with Gasteiger partial charge in [0.1, 0.15) is 0 Å². The van der Waals surface area contributed by atoms with E-state index in [1.807, 2.05) is 0 Å². The Bertz CT molecular complexity index is 226. The van der Waals surface area contributed by atoms with Crippen molar-refractivity contribution in [1.29, 1.82) is 0 Å². The van der Waals surface area contributed by atoms with Gasteiger partial charge in [0.15, 0.2) is 0 Å². The van der Waals surface area contributed by atoms with Gasteiger partial charge in [-0.25, -0.2) is 0 Å². The molecule has 1 unspecified atom stereocenters. The van der Waals surface area contributed by atoms with E-state index in [0.717, 1.165) is 12.8 Å². The molecule has 0 spiro atoms. The molecule has 0 aromatic rings. The quantitative estimate of drug-likeness (QED) is 0.773. The van der Waals surface area contributed by atoms with Crippen molar-refractivity contribution in [1.82, 2.24) is 5.32 Å². The van der Waals surface area contributed by atoms with E-state index >= 15 is 0 Å². The Hall–Kier alpha value is -0.570. The molecule has 1 atom stereocenters. The van der Waals surface area contributed by atoms with Gasteiger partial charge >= 0.3 is 0 Å². The summed E-state index contributed by atoms with van der Waals surface area (Å²) in [5.74, 6) is 0.0885. The summed E-state index contributed by atoms with van der Waals surface area (Å²) in [6.45, 7) is 6.30. The maximum absolute atomic E-state index is 11.6. The second-order valence-corrected chi connectivity index (χ2v) is 5.89. The molecule has 1 aliphatic carbocycles. The average Bonchev–Trinajstić information content (AvgIpc) is 2.18. The fourth-order valence-corrected chi connectivity index (χ4v) is 2.18. The van der Waals surface area contributed by atoms with Gasteiger partial charge in [0.25, 0.3) is 0 Å². The van der Waals surface area contributed by atoms with E-state index in [1.165, 1.54) is 12.8 Å². The number of nitrogens with one attached hydrogen (secondary N) is 1. The molecule has 94 valence electrons. The number of carbonyl (C=O) groups excluding carboxylic acids is 1. The maximum atomic E-state index is 11.6. The number of carbonyl (C=O) groups is 1. The largest absolute Gasteiger partial charge is 0.393 e. The van der Waals surface area contributed by atoms with Crippen LogP contribution >= 0.6 is 0 Å². The molecule has 1 rings (SSSR count). The van der Waals surface area contributed by atoms with Crippen LogP contribution in [0, 0.1) is 5.41 Å². The van der Waals surface area contributed by atoms with E-state index < -0.39 is 0 Å². The number of aliphatic hydroxyl groups is 1. The van der Waals surface area contributed by atoms with Crippen molar-refractivity contribution in [2.45, 2.75) is 71.4 Å². The number of amides is 1. The van der Waals surface area contributed by atoms with Crippen molar-refractivity contribution in [3.8, 4) is 0 Å². The lowest BCUT2D eigenvalue weighted by Crippen LogP contribution is -2.39. The Morgan fingerprint density at radius 1 is 1.44 bits per heavy atom. The van der Waals surface area contributed by atoms with Crippen LogP contribution in [0.3, 0.4) is 0 Å². The molecule has 1 amide bonds. The van der Waals surface area contributed by atoms with E-state index in [9.17, 15) is 4.79 Å². The topological polar surface area (TPSA) is 49.3 Å². The van der Waals surface area contributed by atoms with E-state index in [1.54, 1.807) is 6.92 Å². The highest BCUT2D eigenvalue weighted by Crippen LogP contribution is 2.34. The third-order valence-corrected chi connectivity index (χ3v) is 3.49. The molecule has 2 N–H and O–H groups in total. The summed E-state index contributed by atoms with van der Waals surface area (Å²) in [4.78, 5) is 11.6. The summed E-state index contributed by atoms with van der Waals surface area (Å²) in [5, 5.41) is 12.2. The number of hydrogen-bond donors (Lipinski definition) is 2. The van der Waals surface area contributed by atoms with Crippen LogP contribution in [-0.2, 0) is 4.79 Å². The molecule has 0 aromatic heterocycles. The Morgan fingerprint density at radius 2 is 2.00 bits per heavy atom. The van der Waals surface area contributed by atoms with Crippen LogP contribution in [0.15, 0.2) is 0 Å². The van der Waals surface area contributed by atoms with Crippen molar-refractivity contribution in [2.24, 2.45) is 5.41 Å². The smallest absolute Gasteiger partial charge is 0.220 e. The fraction of sp³-hybridized carbons (Fsp3) is 0.923. The number of aliphatic hydroxyl groups excluding tert-OH is 1. The van der Waals surface area contributed by atoms with Gasteiger partial charge in [-0.2, -0.15) is 0 Å². The molecule has 3 nitrogen and oxygen atoms in total. The average molecular weight is 227 g/mol. The van der Waals surface area contributed by atoms with Gasteiger partial charge in [0.2, 0.25) is 5.91 Å². The molecule has 16 heavy (non-hydrogen) atoms. The van der Waals surface area contributed by atoms with Gasteiger partial charge in [-0.15, -0.1) is 0 Å². The first-order valence-electron chi connectivity index (χ1n) is 6.36. The second-order valence-electron chi connectivity index (χ2n) is 5.89. The number of rotatable bonds is 4. The molecule has 3 heteroatoms. The zero-order valence-electron chi connectivity index (χ0n) is 10.8. The van der Waals surface area contributed by atoms with E-state index in [0.29, 0.717) is 24.3 Å². The van der Waals surface area contributed by atoms with Crippen LogP contribution in [0.5, 0.6) is 0 Å². The summed E-state index contributed by atoms with van der Waals surface area (Å²) in [6.07, 6.45) is 5.18. The van der Waals surface area contributed by atoms with Crippen molar-refractivity contribution >= 4 is 5.91 Å². The lowest BCUT2D eigenvalue weighted by molar-refractivity contribution is -0.122. The zero-order chi connectivity index (χ0) is 12.2. The predicted molar refractivity (Wildman–Crippen MR) is 65.1 cm³/mol. The molecule has 0 aromatic carbocycles. The van der Waals surface area contributed by atoms with Crippen LogP contribution < -0.4 is 5.32 Å². The van der Waals surface area contributed by atoms with Gasteiger partial charge in [-0.3, -0.25) is 4.79 Å². The van der Waals surface area contributed by atoms with Crippen LogP contribution in [0.4, 0.5) is 0 Å². The summed E-state index contributed by atoms with van der Waals surface area (Å²) in [6, 6.07) is 0.356. The monoisotopic (exact) mass is 227 g/mol. The highest BCUT2D eigenvalue weighted by molar-refractivity contribution is 5.76. The highest BCUT2D eigenvalue weighted by atomic mass is 16.3. The molecule has 0 radical (unpaired) electrons. The SMILES string of the molecule is CC(O)CCC(=O)NC1CCC(C)(C)CC1. The molecule has 0 aliphatic heterocycles. The van der Waals surface area contributed by atoms with Gasteiger partial charge in [-0.05, 0) is 44.4 Å². The molecule has 1 aliphatic rings. The summed E-state index contributed by atoms with van der Waals surface area (Å²) < 4.78 is 0. The zero-order valence-corrected chi connectivity index (χ0v) is 10.8. The van der Waals surface area contributed by atoms with Gasteiger partial charge in [0, 0.05) is 12.5 Å². The second kappa shape index (κ2) is 5.67. The molecular weight excluding hydrogens is 202 g/mol.